The summed E-state index contributed by atoms with van der Waals surface area (Å²) in [4.78, 5) is 25.8. The number of halogens is 1. The molecule has 2 aromatic heterocycles. The summed E-state index contributed by atoms with van der Waals surface area (Å²) < 4.78 is 3.81. The fraction of sp³-hybridized carbons (Fsp3) is 0.250. The van der Waals surface area contributed by atoms with Gasteiger partial charge in [0.05, 0.1) is 18.3 Å². The number of amides is 1. The molecule has 3 rings (SSSR count). The van der Waals surface area contributed by atoms with E-state index < -0.39 is 0 Å². The molecule has 0 aliphatic carbocycles. The monoisotopic (exact) mass is 322 g/mol. The third kappa shape index (κ3) is 1.90. The topological polar surface area (TPSA) is 60.1 Å². The van der Waals surface area contributed by atoms with E-state index in [-0.39, 0.29) is 11.5 Å². The quantitative estimate of drug-likeness (QED) is 0.787. The molecular weight excluding hydrogens is 312 g/mol. The molecule has 0 aromatic carbocycles. The molecule has 0 radical (unpaired) electrons. The number of hydrogen-bond donors (Lipinski definition) is 0. The van der Waals surface area contributed by atoms with Crippen LogP contribution in [-0.2, 0) is 13.6 Å². The minimum atomic E-state index is -0.209. The number of aromatic nitrogens is 3. The number of aryl methyl sites for hydroxylation is 1. The van der Waals surface area contributed by atoms with E-state index in [1.165, 1.54) is 10.6 Å². The van der Waals surface area contributed by atoms with E-state index >= 15 is 0 Å². The van der Waals surface area contributed by atoms with Gasteiger partial charge in [0.1, 0.15) is 5.82 Å². The number of anilines is 1. The fourth-order valence-electron chi connectivity index (χ4n) is 2.15. The van der Waals surface area contributed by atoms with Crippen molar-refractivity contribution in [1.82, 2.24) is 14.3 Å². The summed E-state index contributed by atoms with van der Waals surface area (Å²) in [6, 6.07) is 3.14. The second-order valence-corrected chi connectivity index (χ2v) is 5.21. The number of carbonyl (C=O) groups is 1. The molecule has 0 saturated heterocycles. The van der Waals surface area contributed by atoms with Crippen LogP contribution in [0.4, 0.5) is 5.82 Å². The van der Waals surface area contributed by atoms with Gasteiger partial charge < -0.3 is 4.57 Å². The third-order valence-corrected chi connectivity index (χ3v) is 3.79. The average molecular weight is 323 g/mol. The first kappa shape index (κ1) is 12.2. The Bertz CT molecular complexity index is 719. The highest BCUT2D eigenvalue weighted by atomic mass is 79.9. The van der Waals surface area contributed by atoms with E-state index in [0.29, 0.717) is 23.1 Å². The molecule has 7 heteroatoms. The van der Waals surface area contributed by atoms with Crippen molar-refractivity contribution in [3.8, 4) is 0 Å². The predicted octanol–water partition coefficient (Wildman–Crippen LogP) is 1.00. The normalized spacial score (nSPS) is 13.7. The molecule has 3 heterocycles. The van der Waals surface area contributed by atoms with Crippen molar-refractivity contribution in [3.05, 3.63) is 44.9 Å². The summed E-state index contributed by atoms with van der Waals surface area (Å²) in [5.74, 6) is 0.571. The van der Waals surface area contributed by atoms with Crippen molar-refractivity contribution in [2.75, 3.05) is 11.4 Å². The van der Waals surface area contributed by atoms with Crippen molar-refractivity contribution in [1.29, 1.82) is 0 Å². The van der Waals surface area contributed by atoms with E-state index in [1.807, 2.05) is 0 Å². The molecule has 19 heavy (non-hydrogen) atoms. The maximum Gasteiger partial charge on any atom is 0.260 e. The van der Waals surface area contributed by atoms with Crippen LogP contribution in [0.1, 0.15) is 10.4 Å². The fourth-order valence-corrected chi connectivity index (χ4v) is 2.74. The second-order valence-electron chi connectivity index (χ2n) is 4.35. The highest BCUT2D eigenvalue weighted by Gasteiger charge is 2.27. The zero-order valence-corrected chi connectivity index (χ0v) is 11.8. The first-order valence-electron chi connectivity index (χ1n) is 5.78. The highest BCUT2D eigenvalue weighted by Crippen LogP contribution is 2.24. The lowest BCUT2D eigenvalue weighted by Gasteiger charge is -2.15. The Hall–Kier alpha value is -1.89. The van der Waals surface area contributed by atoms with Gasteiger partial charge in [-0.25, -0.2) is 4.68 Å². The van der Waals surface area contributed by atoms with Crippen LogP contribution >= 0.6 is 15.9 Å². The maximum atomic E-state index is 12.5. The van der Waals surface area contributed by atoms with Gasteiger partial charge in [0.2, 0.25) is 0 Å². The van der Waals surface area contributed by atoms with Crippen molar-refractivity contribution < 1.29 is 4.79 Å². The summed E-state index contributed by atoms with van der Waals surface area (Å²) in [7, 11) is 1.65. The zero-order chi connectivity index (χ0) is 13.6. The molecule has 1 aliphatic rings. The van der Waals surface area contributed by atoms with Gasteiger partial charge in [-0.1, -0.05) is 0 Å². The van der Waals surface area contributed by atoms with Crippen molar-refractivity contribution in [3.63, 3.8) is 0 Å². The standard InChI is InChI=1S/C12H11BrN4O2/c1-15-7-9(13)8(6-11(15)18)12(19)16-4-5-17-10(16)2-3-14-17/h2-3,6-7H,4-5H2,1H3. The lowest BCUT2D eigenvalue weighted by atomic mass is 10.2. The Morgan fingerprint density at radius 1 is 1.42 bits per heavy atom. The smallest absolute Gasteiger partial charge is 0.260 e. The molecule has 2 aromatic rings. The van der Waals surface area contributed by atoms with Crippen LogP contribution in [0.5, 0.6) is 0 Å². The summed E-state index contributed by atoms with van der Waals surface area (Å²) in [5, 5.41) is 4.12. The van der Waals surface area contributed by atoms with E-state index in [4.69, 9.17) is 0 Å². The molecule has 0 N–H and O–H groups in total. The van der Waals surface area contributed by atoms with E-state index in [9.17, 15) is 9.59 Å². The zero-order valence-electron chi connectivity index (χ0n) is 10.2. The van der Waals surface area contributed by atoms with Gasteiger partial charge in [0.25, 0.3) is 11.5 Å². The summed E-state index contributed by atoms with van der Waals surface area (Å²) >= 11 is 3.33. The molecule has 0 bridgehead atoms. The molecule has 98 valence electrons. The molecule has 0 saturated carbocycles. The molecular formula is C12H11BrN4O2. The van der Waals surface area contributed by atoms with Gasteiger partial charge in [0.15, 0.2) is 0 Å². The Morgan fingerprint density at radius 2 is 2.21 bits per heavy atom. The number of carbonyl (C=O) groups excluding carboxylic acids is 1. The Balaban J connectivity index is 2.03. The molecule has 0 fully saturated rings. The largest absolute Gasteiger partial charge is 0.317 e. The summed E-state index contributed by atoms with van der Waals surface area (Å²) in [6.07, 6.45) is 3.26. The van der Waals surface area contributed by atoms with E-state index in [2.05, 4.69) is 21.0 Å². The van der Waals surface area contributed by atoms with Crippen LogP contribution in [0.25, 0.3) is 0 Å². The molecule has 1 amide bonds. The minimum Gasteiger partial charge on any atom is -0.317 e. The van der Waals surface area contributed by atoms with Crippen LogP contribution in [0, 0.1) is 0 Å². The van der Waals surface area contributed by atoms with E-state index in [1.54, 1.807) is 35.1 Å². The Labute approximate surface area is 117 Å². The average Bonchev–Trinajstić information content (AvgIpc) is 2.95. The van der Waals surface area contributed by atoms with Gasteiger partial charge >= 0.3 is 0 Å². The van der Waals surface area contributed by atoms with Gasteiger partial charge in [-0.2, -0.15) is 5.10 Å². The molecule has 1 aliphatic heterocycles. The van der Waals surface area contributed by atoms with Crippen molar-refractivity contribution in [2.24, 2.45) is 7.05 Å². The van der Waals surface area contributed by atoms with Crippen molar-refractivity contribution >= 4 is 27.7 Å². The number of rotatable bonds is 1. The lowest BCUT2D eigenvalue weighted by molar-refractivity contribution is 0.0988. The minimum absolute atomic E-state index is 0.191. The van der Waals surface area contributed by atoms with Gasteiger partial charge in [-0.05, 0) is 15.9 Å². The van der Waals surface area contributed by atoms with Crippen LogP contribution in [0.15, 0.2) is 33.8 Å². The van der Waals surface area contributed by atoms with Crippen LogP contribution in [0.3, 0.4) is 0 Å². The van der Waals surface area contributed by atoms with Crippen LogP contribution < -0.4 is 10.5 Å². The lowest BCUT2D eigenvalue weighted by Crippen LogP contribution is -2.31. The van der Waals surface area contributed by atoms with Gasteiger partial charge in [-0.3, -0.25) is 14.5 Å². The maximum absolute atomic E-state index is 12.5. The number of hydrogen-bond acceptors (Lipinski definition) is 3. The Morgan fingerprint density at radius 3 is 3.00 bits per heavy atom. The SMILES string of the molecule is Cn1cc(Br)c(C(=O)N2CCn3nccc32)cc1=O. The third-order valence-electron chi connectivity index (χ3n) is 3.16. The van der Waals surface area contributed by atoms with Gasteiger partial charge in [-0.15, -0.1) is 0 Å². The van der Waals surface area contributed by atoms with Crippen LogP contribution in [0.2, 0.25) is 0 Å². The van der Waals surface area contributed by atoms with Crippen LogP contribution in [-0.4, -0.2) is 26.8 Å². The first-order valence-corrected chi connectivity index (χ1v) is 6.57. The highest BCUT2D eigenvalue weighted by molar-refractivity contribution is 9.10. The first-order chi connectivity index (χ1) is 9.08. The number of fused-ring (bicyclic) bond motifs is 1. The van der Waals surface area contributed by atoms with Crippen molar-refractivity contribution in [2.45, 2.75) is 6.54 Å². The molecule has 0 atom stereocenters. The summed E-state index contributed by atoms with van der Waals surface area (Å²) in [5.41, 5.74) is 0.164. The second kappa shape index (κ2) is 4.34. The van der Waals surface area contributed by atoms with E-state index in [0.717, 1.165) is 5.82 Å². The molecule has 0 spiro atoms. The summed E-state index contributed by atoms with van der Waals surface area (Å²) in [6.45, 7) is 1.25. The van der Waals surface area contributed by atoms with Gasteiger partial charge in [0, 0.05) is 36.4 Å². The molecule has 0 unspecified atom stereocenters. The number of pyridine rings is 1. The Kier molecular flexibility index (Phi) is 2.78. The predicted molar refractivity (Wildman–Crippen MR) is 73.3 cm³/mol. The number of nitrogens with zero attached hydrogens (tertiary/aromatic N) is 4. The molecule has 6 nitrogen and oxygen atoms in total.